The molecule has 1 aromatic carbocycles. The Morgan fingerprint density at radius 2 is 2.05 bits per heavy atom. The molecular formula is C15H21F2NO3. The third kappa shape index (κ3) is 4.12. The van der Waals surface area contributed by atoms with Crippen LogP contribution in [0.1, 0.15) is 13.3 Å². The summed E-state index contributed by atoms with van der Waals surface area (Å²) in [6.45, 7) is 3.84. The molecule has 0 spiro atoms. The van der Waals surface area contributed by atoms with Crippen molar-refractivity contribution in [3.05, 3.63) is 29.8 Å². The zero-order chi connectivity index (χ0) is 15.2. The van der Waals surface area contributed by atoms with E-state index in [-0.39, 0.29) is 18.2 Å². The van der Waals surface area contributed by atoms with E-state index in [0.717, 1.165) is 25.1 Å². The molecule has 0 radical (unpaired) electrons. The van der Waals surface area contributed by atoms with Crippen LogP contribution in [0.4, 0.5) is 8.78 Å². The van der Waals surface area contributed by atoms with E-state index in [2.05, 4.69) is 5.32 Å². The maximum Gasteiger partial charge on any atom is 0.162 e. The maximum absolute atomic E-state index is 13.2. The van der Waals surface area contributed by atoms with Crippen LogP contribution in [0.5, 0.6) is 5.75 Å². The molecule has 4 nitrogen and oxygen atoms in total. The van der Waals surface area contributed by atoms with Gasteiger partial charge in [0.05, 0.1) is 13.2 Å². The van der Waals surface area contributed by atoms with Crippen LogP contribution in [0.25, 0.3) is 0 Å². The third-order valence-corrected chi connectivity index (χ3v) is 3.49. The first-order valence-corrected chi connectivity index (χ1v) is 7.11. The molecule has 1 aliphatic rings. The van der Waals surface area contributed by atoms with Crippen LogP contribution in [0.15, 0.2) is 18.2 Å². The van der Waals surface area contributed by atoms with Crippen molar-refractivity contribution in [3.63, 3.8) is 0 Å². The highest BCUT2D eigenvalue weighted by Crippen LogP contribution is 2.29. The molecule has 3 unspecified atom stereocenters. The van der Waals surface area contributed by atoms with Crippen molar-refractivity contribution < 1.29 is 23.0 Å². The first-order chi connectivity index (χ1) is 10.2. The van der Waals surface area contributed by atoms with E-state index in [1.807, 2.05) is 6.92 Å². The molecule has 0 aromatic heterocycles. The minimum Gasteiger partial charge on any atom is -0.487 e. The maximum atomic E-state index is 13.2. The first kappa shape index (κ1) is 16.1. The van der Waals surface area contributed by atoms with Crippen molar-refractivity contribution in [2.45, 2.75) is 31.6 Å². The average Bonchev–Trinajstić information content (AvgIpc) is 2.46. The van der Waals surface area contributed by atoms with Crippen molar-refractivity contribution in [1.29, 1.82) is 0 Å². The van der Waals surface area contributed by atoms with Crippen molar-refractivity contribution in [1.82, 2.24) is 5.32 Å². The van der Waals surface area contributed by atoms with Crippen molar-refractivity contribution in [3.8, 4) is 5.75 Å². The Balaban J connectivity index is 1.92. The second-order valence-electron chi connectivity index (χ2n) is 4.96. The molecular weight excluding hydrogens is 280 g/mol. The number of benzene rings is 1. The molecule has 1 aromatic rings. The fourth-order valence-corrected chi connectivity index (χ4v) is 2.37. The summed E-state index contributed by atoms with van der Waals surface area (Å²) in [5, 5.41) is 3.32. The molecule has 0 heterocycles. The lowest BCUT2D eigenvalue weighted by atomic mass is 9.85. The van der Waals surface area contributed by atoms with Gasteiger partial charge in [0.1, 0.15) is 18.0 Å². The van der Waals surface area contributed by atoms with E-state index in [1.54, 1.807) is 7.11 Å². The molecule has 1 saturated carbocycles. The SMILES string of the molecule is CCNC1CC(Oc2ccc(F)c(F)c2)C1OCCOC. The third-order valence-electron chi connectivity index (χ3n) is 3.49. The van der Waals surface area contributed by atoms with Gasteiger partial charge >= 0.3 is 0 Å². The fraction of sp³-hybridized carbons (Fsp3) is 0.600. The highest BCUT2D eigenvalue weighted by molar-refractivity contribution is 5.24. The van der Waals surface area contributed by atoms with E-state index in [9.17, 15) is 8.78 Å². The van der Waals surface area contributed by atoms with Gasteiger partial charge in [-0.25, -0.2) is 8.78 Å². The Morgan fingerprint density at radius 1 is 1.24 bits per heavy atom. The van der Waals surface area contributed by atoms with Gasteiger partial charge in [-0.15, -0.1) is 0 Å². The summed E-state index contributed by atoms with van der Waals surface area (Å²) in [6, 6.07) is 3.75. The number of methoxy groups -OCH3 is 1. The Labute approximate surface area is 123 Å². The van der Waals surface area contributed by atoms with Crippen LogP contribution in [0.3, 0.4) is 0 Å². The summed E-state index contributed by atoms with van der Waals surface area (Å²) >= 11 is 0. The van der Waals surface area contributed by atoms with E-state index in [0.29, 0.717) is 19.0 Å². The predicted molar refractivity (Wildman–Crippen MR) is 74.5 cm³/mol. The molecule has 3 atom stereocenters. The van der Waals surface area contributed by atoms with Gasteiger partial charge in [0.15, 0.2) is 11.6 Å². The Hall–Kier alpha value is -1.24. The highest BCUT2D eigenvalue weighted by atomic mass is 19.2. The number of likely N-dealkylation sites (N-methyl/N-ethyl adjacent to an activating group) is 1. The number of nitrogens with one attached hydrogen (secondary N) is 1. The topological polar surface area (TPSA) is 39.7 Å². The average molecular weight is 301 g/mol. The Bertz CT molecular complexity index is 459. The molecule has 118 valence electrons. The van der Waals surface area contributed by atoms with Crippen molar-refractivity contribution in [2.24, 2.45) is 0 Å². The first-order valence-electron chi connectivity index (χ1n) is 7.11. The van der Waals surface area contributed by atoms with Crippen LogP contribution in [-0.2, 0) is 9.47 Å². The molecule has 0 bridgehead atoms. The van der Waals surface area contributed by atoms with Gasteiger partial charge in [-0.2, -0.15) is 0 Å². The van der Waals surface area contributed by atoms with Crippen LogP contribution < -0.4 is 10.1 Å². The monoisotopic (exact) mass is 301 g/mol. The smallest absolute Gasteiger partial charge is 0.162 e. The fourth-order valence-electron chi connectivity index (χ4n) is 2.37. The minimum absolute atomic E-state index is 0.117. The number of halogens is 2. The van der Waals surface area contributed by atoms with E-state index < -0.39 is 11.6 Å². The van der Waals surface area contributed by atoms with Gasteiger partial charge in [0.25, 0.3) is 0 Å². The molecule has 6 heteroatoms. The van der Waals surface area contributed by atoms with Crippen LogP contribution in [-0.4, -0.2) is 45.1 Å². The summed E-state index contributed by atoms with van der Waals surface area (Å²) in [5.74, 6) is -1.48. The second-order valence-corrected chi connectivity index (χ2v) is 4.96. The van der Waals surface area contributed by atoms with Gasteiger partial charge in [-0.1, -0.05) is 6.92 Å². The van der Waals surface area contributed by atoms with Gasteiger partial charge in [-0.05, 0) is 18.7 Å². The molecule has 1 aliphatic carbocycles. The number of ether oxygens (including phenoxy) is 3. The lowest BCUT2D eigenvalue weighted by Crippen LogP contribution is -2.61. The van der Waals surface area contributed by atoms with Crippen LogP contribution in [0.2, 0.25) is 0 Å². The minimum atomic E-state index is -0.910. The normalized spacial score (nSPS) is 24.7. The van der Waals surface area contributed by atoms with Crippen LogP contribution >= 0.6 is 0 Å². The summed E-state index contributed by atoms with van der Waals surface area (Å²) in [4.78, 5) is 0. The Kier molecular flexibility index (Phi) is 5.90. The van der Waals surface area contributed by atoms with E-state index in [4.69, 9.17) is 14.2 Å². The molecule has 2 rings (SSSR count). The molecule has 1 N–H and O–H groups in total. The quantitative estimate of drug-likeness (QED) is 0.747. The zero-order valence-electron chi connectivity index (χ0n) is 12.3. The van der Waals surface area contributed by atoms with Gasteiger partial charge < -0.3 is 19.5 Å². The largest absolute Gasteiger partial charge is 0.487 e. The standard InChI is InChI=1S/C15H21F2NO3/c1-3-18-13-9-14(15(13)20-7-6-19-2)21-10-4-5-11(16)12(17)8-10/h4-5,8,13-15,18H,3,6-7,9H2,1-2H3. The van der Waals surface area contributed by atoms with Gasteiger partial charge in [0, 0.05) is 25.6 Å². The summed E-state index contributed by atoms with van der Waals surface area (Å²) < 4.78 is 42.5. The van der Waals surface area contributed by atoms with E-state index >= 15 is 0 Å². The predicted octanol–water partition coefficient (Wildman–Crippen LogP) is 2.13. The van der Waals surface area contributed by atoms with Crippen LogP contribution in [0, 0.1) is 11.6 Å². The number of hydrogen-bond acceptors (Lipinski definition) is 4. The number of rotatable bonds is 8. The molecule has 0 saturated heterocycles. The second kappa shape index (κ2) is 7.68. The lowest BCUT2D eigenvalue weighted by Gasteiger charge is -2.44. The summed E-state index contributed by atoms with van der Waals surface area (Å²) in [6.07, 6.45) is 0.480. The zero-order valence-corrected chi connectivity index (χ0v) is 12.3. The van der Waals surface area contributed by atoms with Crippen molar-refractivity contribution >= 4 is 0 Å². The summed E-state index contributed by atoms with van der Waals surface area (Å²) in [5.41, 5.74) is 0. The van der Waals surface area contributed by atoms with Crippen molar-refractivity contribution in [2.75, 3.05) is 26.9 Å². The molecule has 0 aliphatic heterocycles. The van der Waals surface area contributed by atoms with Gasteiger partial charge in [0.2, 0.25) is 0 Å². The number of hydrogen-bond donors (Lipinski definition) is 1. The Morgan fingerprint density at radius 3 is 2.71 bits per heavy atom. The van der Waals surface area contributed by atoms with Gasteiger partial charge in [-0.3, -0.25) is 0 Å². The molecule has 0 amide bonds. The highest BCUT2D eigenvalue weighted by Gasteiger charge is 2.43. The van der Waals surface area contributed by atoms with E-state index in [1.165, 1.54) is 6.07 Å². The molecule has 1 fully saturated rings. The molecule has 21 heavy (non-hydrogen) atoms. The lowest BCUT2D eigenvalue weighted by molar-refractivity contribution is -0.115. The summed E-state index contributed by atoms with van der Waals surface area (Å²) in [7, 11) is 1.61.